The van der Waals surface area contributed by atoms with Gasteiger partial charge in [0.15, 0.2) is 0 Å². The lowest BCUT2D eigenvalue weighted by molar-refractivity contribution is -0.139. The first-order chi connectivity index (χ1) is 12.7. The lowest BCUT2D eigenvalue weighted by atomic mass is 9.72. The van der Waals surface area contributed by atoms with E-state index in [4.69, 9.17) is 0 Å². The van der Waals surface area contributed by atoms with Crippen molar-refractivity contribution in [1.29, 1.82) is 0 Å². The summed E-state index contributed by atoms with van der Waals surface area (Å²) in [6, 6.07) is 7.07. The molecule has 0 aliphatic carbocycles. The Morgan fingerprint density at radius 3 is 2.58 bits per heavy atom. The third kappa shape index (κ3) is 3.65. The molecule has 3 aliphatic heterocycles. The van der Waals surface area contributed by atoms with E-state index < -0.39 is 0 Å². The zero-order valence-corrected chi connectivity index (χ0v) is 15.6. The van der Waals surface area contributed by atoms with Crippen molar-refractivity contribution in [2.24, 2.45) is 5.41 Å². The third-order valence-electron chi connectivity index (χ3n) is 6.65. The van der Waals surface area contributed by atoms with Gasteiger partial charge in [0.2, 0.25) is 5.91 Å². The summed E-state index contributed by atoms with van der Waals surface area (Å²) in [5, 5.41) is 3.44. The predicted octanol–water partition coefficient (Wildman–Crippen LogP) is 2.95. The van der Waals surface area contributed by atoms with Gasteiger partial charge in [-0.25, -0.2) is 4.39 Å². The van der Waals surface area contributed by atoms with Crippen molar-refractivity contribution in [1.82, 2.24) is 15.1 Å². The number of carbonyl (C=O) groups is 1. The van der Waals surface area contributed by atoms with Crippen molar-refractivity contribution in [2.45, 2.75) is 44.6 Å². The molecule has 1 aromatic carbocycles. The van der Waals surface area contributed by atoms with Crippen molar-refractivity contribution in [3.63, 3.8) is 0 Å². The SMILES string of the molecule is O=C1CCC2(CCNCC2)CN1C[C@H](c1ccccc1F)N1CCCC1. The van der Waals surface area contributed by atoms with Crippen LogP contribution in [0.5, 0.6) is 0 Å². The summed E-state index contributed by atoms with van der Waals surface area (Å²) in [6.07, 6.45) is 6.26. The van der Waals surface area contributed by atoms with Crippen molar-refractivity contribution in [3.05, 3.63) is 35.6 Å². The fourth-order valence-electron chi connectivity index (χ4n) is 5.05. The largest absolute Gasteiger partial charge is 0.340 e. The van der Waals surface area contributed by atoms with Crippen LogP contribution < -0.4 is 5.32 Å². The van der Waals surface area contributed by atoms with Crippen LogP contribution in [-0.4, -0.2) is 55.0 Å². The number of benzene rings is 1. The number of nitrogens with one attached hydrogen (secondary N) is 1. The number of nitrogens with zero attached hydrogens (tertiary/aromatic N) is 2. The molecule has 3 fully saturated rings. The monoisotopic (exact) mass is 359 g/mol. The first kappa shape index (κ1) is 17.9. The van der Waals surface area contributed by atoms with Gasteiger partial charge in [-0.05, 0) is 69.8 Å². The van der Waals surface area contributed by atoms with Crippen LogP contribution in [0.25, 0.3) is 0 Å². The van der Waals surface area contributed by atoms with Crippen LogP contribution in [0, 0.1) is 11.2 Å². The molecule has 0 unspecified atom stereocenters. The molecule has 142 valence electrons. The summed E-state index contributed by atoms with van der Waals surface area (Å²) in [7, 11) is 0. The van der Waals surface area contributed by atoms with E-state index in [1.807, 2.05) is 17.0 Å². The Hall–Kier alpha value is -1.46. The van der Waals surface area contributed by atoms with Gasteiger partial charge in [0.05, 0.1) is 6.04 Å². The summed E-state index contributed by atoms with van der Waals surface area (Å²) in [6.45, 7) is 5.54. The second-order valence-corrected chi connectivity index (χ2v) is 8.30. The van der Waals surface area contributed by atoms with E-state index in [1.54, 1.807) is 12.1 Å². The maximum absolute atomic E-state index is 14.6. The molecular formula is C21H30FN3O. The van der Waals surface area contributed by atoms with E-state index in [1.165, 1.54) is 0 Å². The zero-order valence-electron chi connectivity index (χ0n) is 15.6. The number of rotatable bonds is 4. The topological polar surface area (TPSA) is 35.6 Å². The van der Waals surface area contributed by atoms with Gasteiger partial charge in [0.25, 0.3) is 0 Å². The van der Waals surface area contributed by atoms with Crippen LogP contribution in [-0.2, 0) is 4.79 Å². The van der Waals surface area contributed by atoms with Gasteiger partial charge >= 0.3 is 0 Å². The fourth-order valence-corrected chi connectivity index (χ4v) is 5.05. The van der Waals surface area contributed by atoms with E-state index in [-0.39, 0.29) is 23.2 Å². The van der Waals surface area contributed by atoms with Crippen LogP contribution in [0.1, 0.15) is 50.1 Å². The molecule has 3 heterocycles. The smallest absolute Gasteiger partial charge is 0.222 e. The Morgan fingerprint density at radius 1 is 1.12 bits per heavy atom. The van der Waals surface area contributed by atoms with Crippen molar-refractivity contribution in [3.8, 4) is 0 Å². The van der Waals surface area contributed by atoms with Crippen molar-refractivity contribution >= 4 is 5.91 Å². The van der Waals surface area contributed by atoms with E-state index in [0.717, 1.165) is 70.4 Å². The summed E-state index contributed by atoms with van der Waals surface area (Å²) < 4.78 is 14.6. The minimum atomic E-state index is -0.148. The quantitative estimate of drug-likeness (QED) is 0.898. The van der Waals surface area contributed by atoms with Gasteiger partial charge in [-0.2, -0.15) is 0 Å². The van der Waals surface area contributed by atoms with Crippen LogP contribution in [0.3, 0.4) is 0 Å². The molecule has 1 spiro atoms. The Labute approximate surface area is 155 Å². The Balaban J connectivity index is 1.56. The van der Waals surface area contributed by atoms with Crippen LogP contribution in [0.2, 0.25) is 0 Å². The normalized spacial score (nSPS) is 25.0. The standard InChI is InChI=1S/C21H30FN3O/c22-18-6-2-1-5-17(18)19(24-13-3-4-14-24)15-25-16-21(8-7-20(25)26)9-11-23-12-10-21/h1-2,5-6,19,23H,3-4,7-16H2/t19-/m1/s1. The number of amides is 1. The molecule has 26 heavy (non-hydrogen) atoms. The van der Waals surface area contributed by atoms with Gasteiger partial charge in [-0.15, -0.1) is 0 Å². The summed E-state index contributed by atoms with van der Waals surface area (Å²) in [4.78, 5) is 17.1. The number of piperidine rings is 2. The summed E-state index contributed by atoms with van der Waals surface area (Å²) >= 11 is 0. The Kier molecular flexibility index (Phi) is 5.28. The molecule has 3 aliphatic rings. The minimum Gasteiger partial charge on any atom is -0.340 e. The molecule has 1 atom stereocenters. The first-order valence-electron chi connectivity index (χ1n) is 10.1. The summed E-state index contributed by atoms with van der Waals surface area (Å²) in [5.41, 5.74) is 1.01. The summed E-state index contributed by atoms with van der Waals surface area (Å²) in [5.74, 6) is 0.0973. The number of hydrogen-bond acceptors (Lipinski definition) is 3. The molecule has 1 N–H and O–H groups in total. The maximum atomic E-state index is 14.6. The van der Waals surface area contributed by atoms with Gasteiger partial charge in [0.1, 0.15) is 5.82 Å². The van der Waals surface area contributed by atoms with Gasteiger partial charge in [-0.1, -0.05) is 18.2 Å². The minimum absolute atomic E-state index is 0.0282. The molecule has 0 saturated carbocycles. The molecule has 0 radical (unpaired) electrons. The number of likely N-dealkylation sites (tertiary alicyclic amines) is 2. The van der Waals surface area contributed by atoms with Gasteiger partial charge in [0, 0.05) is 25.1 Å². The molecule has 5 heteroatoms. The first-order valence-corrected chi connectivity index (χ1v) is 10.1. The Morgan fingerprint density at radius 2 is 1.85 bits per heavy atom. The predicted molar refractivity (Wildman–Crippen MR) is 100 cm³/mol. The molecule has 0 aromatic heterocycles. The molecule has 0 bridgehead atoms. The lowest BCUT2D eigenvalue weighted by Gasteiger charge is -2.46. The number of halogens is 1. The highest BCUT2D eigenvalue weighted by Crippen LogP contribution is 2.39. The maximum Gasteiger partial charge on any atom is 0.222 e. The average Bonchev–Trinajstić information content (AvgIpc) is 3.19. The third-order valence-corrected chi connectivity index (χ3v) is 6.65. The van der Waals surface area contributed by atoms with Crippen molar-refractivity contribution < 1.29 is 9.18 Å². The lowest BCUT2D eigenvalue weighted by Crippen LogP contribution is -2.52. The molecule has 1 aromatic rings. The van der Waals surface area contributed by atoms with Crippen LogP contribution in [0.15, 0.2) is 24.3 Å². The van der Waals surface area contributed by atoms with E-state index in [2.05, 4.69) is 10.2 Å². The molecule has 4 rings (SSSR count). The molecule has 1 amide bonds. The van der Waals surface area contributed by atoms with E-state index >= 15 is 0 Å². The molecule has 4 nitrogen and oxygen atoms in total. The second-order valence-electron chi connectivity index (χ2n) is 8.30. The molecule has 3 saturated heterocycles. The second kappa shape index (κ2) is 7.65. The van der Waals surface area contributed by atoms with E-state index in [9.17, 15) is 9.18 Å². The average molecular weight is 359 g/mol. The zero-order chi connectivity index (χ0) is 18.0. The fraction of sp³-hybridized carbons (Fsp3) is 0.667. The highest BCUT2D eigenvalue weighted by atomic mass is 19.1. The van der Waals surface area contributed by atoms with E-state index in [0.29, 0.717) is 13.0 Å². The highest BCUT2D eigenvalue weighted by molar-refractivity contribution is 5.77. The van der Waals surface area contributed by atoms with Crippen molar-refractivity contribution in [2.75, 3.05) is 39.3 Å². The number of hydrogen-bond donors (Lipinski definition) is 1. The van der Waals surface area contributed by atoms with Gasteiger partial charge in [-0.3, -0.25) is 9.69 Å². The van der Waals surface area contributed by atoms with Gasteiger partial charge < -0.3 is 10.2 Å². The van der Waals surface area contributed by atoms with Crippen LogP contribution >= 0.6 is 0 Å². The number of carbonyl (C=O) groups excluding carboxylic acids is 1. The van der Waals surface area contributed by atoms with Crippen LogP contribution in [0.4, 0.5) is 4.39 Å². The Bertz CT molecular complexity index is 638. The highest BCUT2D eigenvalue weighted by Gasteiger charge is 2.40. The molecular weight excluding hydrogens is 329 g/mol.